The lowest BCUT2D eigenvalue weighted by molar-refractivity contribution is -0.112. The van der Waals surface area contributed by atoms with Crippen LogP contribution in [0.2, 0.25) is 0 Å². The normalized spacial score (nSPS) is 50.1. The highest BCUT2D eigenvalue weighted by molar-refractivity contribution is 5.57. The van der Waals surface area contributed by atoms with E-state index < -0.39 is 0 Å². The van der Waals surface area contributed by atoms with E-state index in [0.717, 1.165) is 6.29 Å². The number of hydrogen-bond acceptors (Lipinski definition) is 1. The number of hydrogen-bond donors (Lipinski definition) is 0. The molecule has 0 spiro atoms. The maximum Gasteiger partial charge on any atom is 0.123 e. The summed E-state index contributed by atoms with van der Waals surface area (Å²) in [7, 11) is 0. The fourth-order valence-corrected chi connectivity index (χ4v) is 2.33. The third-order valence-electron chi connectivity index (χ3n) is 3.08. The monoisotopic (exact) mass is 136 g/mol. The van der Waals surface area contributed by atoms with E-state index in [9.17, 15) is 4.79 Å². The van der Waals surface area contributed by atoms with Crippen molar-refractivity contribution in [2.45, 2.75) is 13.3 Å². The van der Waals surface area contributed by atoms with Gasteiger partial charge >= 0.3 is 0 Å². The molecule has 0 saturated heterocycles. The first-order chi connectivity index (χ1) is 4.83. The van der Waals surface area contributed by atoms with E-state index in [1.54, 1.807) is 0 Å². The minimum atomic E-state index is 0.329. The van der Waals surface area contributed by atoms with E-state index in [1.165, 1.54) is 6.42 Å². The average molecular weight is 136 g/mol. The zero-order valence-electron chi connectivity index (χ0n) is 6.16. The van der Waals surface area contributed by atoms with Crippen molar-refractivity contribution >= 4 is 6.29 Å². The van der Waals surface area contributed by atoms with Crippen LogP contribution >= 0.6 is 0 Å². The lowest BCUT2D eigenvalue weighted by Gasteiger charge is -2.18. The second kappa shape index (κ2) is 1.94. The number of allylic oxidation sites excluding steroid dienone is 2. The Morgan fingerprint density at radius 1 is 1.40 bits per heavy atom. The highest BCUT2D eigenvalue weighted by Gasteiger charge is 2.41. The number of rotatable bonds is 1. The van der Waals surface area contributed by atoms with Crippen molar-refractivity contribution in [3.63, 3.8) is 0 Å². The predicted molar refractivity (Wildman–Crippen MR) is 39.5 cm³/mol. The summed E-state index contributed by atoms with van der Waals surface area (Å²) in [5, 5.41) is 0. The Morgan fingerprint density at radius 3 is 2.50 bits per heavy atom. The molecular formula is C9H12O. The van der Waals surface area contributed by atoms with Crippen LogP contribution in [0.1, 0.15) is 13.3 Å². The van der Waals surface area contributed by atoms with Crippen molar-refractivity contribution < 1.29 is 4.79 Å². The molecule has 1 saturated carbocycles. The van der Waals surface area contributed by atoms with Crippen LogP contribution in [0.15, 0.2) is 12.2 Å². The van der Waals surface area contributed by atoms with E-state index >= 15 is 0 Å². The molecule has 0 radical (unpaired) electrons. The molecule has 2 rings (SSSR count). The van der Waals surface area contributed by atoms with Crippen molar-refractivity contribution in [3.05, 3.63) is 12.2 Å². The predicted octanol–water partition coefficient (Wildman–Crippen LogP) is 1.64. The molecule has 0 aromatic heterocycles. The minimum Gasteiger partial charge on any atom is -0.303 e. The fraction of sp³-hybridized carbons (Fsp3) is 0.667. The Hall–Kier alpha value is -0.590. The van der Waals surface area contributed by atoms with Crippen molar-refractivity contribution in [1.82, 2.24) is 0 Å². The standard InChI is InChI=1S/C9H12O/c1-6-7-2-3-8(4-7)9(6)5-10/h2-3,5-9H,4H2,1H3/t6?,7-,8+,9?/m1/s1. The van der Waals surface area contributed by atoms with Crippen LogP contribution in [0.25, 0.3) is 0 Å². The van der Waals surface area contributed by atoms with Crippen LogP contribution in [0, 0.1) is 23.7 Å². The van der Waals surface area contributed by atoms with E-state index in [-0.39, 0.29) is 0 Å². The zero-order valence-corrected chi connectivity index (χ0v) is 6.16. The molecule has 1 heteroatoms. The van der Waals surface area contributed by atoms with E-state index in [0.29, 0.717) is 23.7 Å². The summed E-state index contributed by atoms with van der Waals surface area (Å²) < 4.78 is 0. The zero-order chi connectivity index (χ0) is 7.14. The molecule has 2 aliphatic carbocycles. The highest BCUT2D eigenvalue weighted by atomic mass is 16.1. The van der Waals surface area contributed by atoms with Crippen LogP contribution in [0.3, 0.4) is 0 Å². The number of carbonyl (C=O) groups excluding carboxylic acids is 1. The first-order valence-corrected chi connectivity index (χ1v) is 3.96. The Morgan fingerprint density at radius 2 is 2.10 bits per heavy atom. The summed E-state index contributed by atoms with van der Waals surface area (Å²) in [6.07, 6.45) is 6.85. The molecule has 54 valence electrons. The molecule has 0 aliphatic heterocycles. The van der Waals surface area contributed by atoms with E-state index in [2.05, 4.69) is 19.1 Å². The smallest absolute Gasteiger partial charge is 0.123 e. The molecule has 0 N–H and O–H groups in total. The van der Waals surface area contributed by atoms with E-state index in [4.69, 9.17) is 0 Å². The van der Waals surface area contributed by atoms with Crippen LogP contribution < -0.4 is 0 Å². The van der Waals surface area contributed by atoms with Crippen LogP contribution in [-0.4, -0.2) is 6.29 Å². The van der Waals surface area contributed by atoms with Gasteiger partial charge in [-0.3, -0.25) is 0 Å². The largest absolute Gasteiger partial charge is 0.303 e. The Kier molecular flexibility index (Phi) is 1.19. The second-order valence-electron chi connectivity index (χ2n) is 3.52. The van der Waals surface area contributed by atoms with Crippen molar-refractivity contribution in [3.8, 4) is 0 Å². The van der Waals surface area contributed by atoms with Crippen molar-refractivity contribution in [1.29, 1.82) is 0 Å². The number of carbonyl (C=O) groups is 1. The Balaban J connectivity index is 2.25. The van der Waals surface area contributed by atoms with Gasteiger partial charge in [0.2, 0.25) is 0 Å². The summed E-state index contributed by atoms with van der Waals surface area (Å²) >= 11 is 0. The van der Waals surface area contributed by atoms with Gasteiger partial charge < -0.3 is 4.79 Å². The number of fused-ring (bicyclic) bond motifs is 2. The minimum absolute atomic E-state index is 0.329. The first-order valence-electron chi connectivity index (χ1n) is 3.96. The van der Waals surface area contributed by atoms with Gasteiger partial charge in [0.1, 0.15) is 6.29 Å². The molecule has 0 heterocycles. The van der Waals surface area contributed by atoms with E-state index in [1.807, 2.05) is 0 Å². The third-order valence-corrected chi connectivity index (χ3v) is 3.08. The quantitative estimate of drug-likeness (QED) is 0.395. The lowest BCUT2D eigenvalue weighted by Crippen LogP contribution is -2.17. The van der Waals surface area contributed by atoms with Gasteiger partial charge in [0, 0.05) is 5.92 Å². The number of aldehydes is 1. The van der Waals surface area contributed by atoms with Crippen molar-refractivity contribution in [2.24, 2.45) is 23.7 Å². The Bertz CT molecular complexity index is 183. The van der Waals surface area contributed by atoms with Gasteiger partial charge in [0.05, 0.1) is 0 Å². The SMILES string of the molecule is CC1C(C=O)[C@H]2C=C[C@@H]1C2. The molecule has 10 heavy (non-hydrogen) atoms. The molecule has 0 aromatic rings. The second-order valence-corrected chi connectivity index (χ2v) is 3.52. The summed E-state index contributed by atoms with van der Waals surface area (Å²) in [5.41, 5.74) is 0. The topological polar surface area (TPSA) is 17.1 Å². The molecule has 2 bridgehead atoms. The molecule has 2 aliphatic rings. The van der Waals surface area contributed by atoms with Crippen LogP contribution in [0.4, 0.5) is 0 Å². The van der Waals surface area contributed by atoms with Gasteiger partial charge in [-0.15, -0.1) is 0 Å². The van der Waals surface area contributed by atoms with Gasteiger partial charge in [0.15, 0.2) is 0 Å². The van der Waals surface area contributed by atoms with Gasteiger partial charge in [-0.1, -0.05) is 19.1 Å². The highest BCUT2D eigenvalue weighted by Crippen LogP contribution is 2.46. The summed E-state index contributed by atoms with van der Waals surface area (Å²) in [6, 6.07) is 0. The molecule has 4 atom stereocenters. The summed E-state index contributed by atoms with van der Waals surface area (Å²) in [4.78, 5) is 10.6. The molecule has 1 fully saturated rings. The maximum atomic E-state index is 10.6. The molecular weight excluding hydrogens is 124 g/mol. The molecule has 2 unspecified atom stereocenters. The summed E-state index contributed by atoms with van der Waals surface area (Å²) in [5.74, 6) is 2.22. The van der Waals surface area contributed by atoms with Gasteiger partial charge in [0.25, 0.3) is 0 Å². The maximum absolute atomic E-state index is 10.6. The van der Waals surface area contributed by atoms with Gasteiger partial charge in [-0.25, -0.2) is 0 Å². The fourth-order valence-electron chi connectivity index (χ4n) is 2.33. The summed E-state index contributed by atoms with van der Waals surface area (Å²) in [6.45, 7) is 2.19. The third kappa shape index (κ3) is 0.606. The van der Waals surface area contributed by atoms with Crippen LogP contribution in [-0.2, 0) is 4.79 Å². The lowest BCUT2D eigenvalue weighted by atomic mass is 9.86. The first kappa shape index (κ1) is 6.14. The average Bonchev–Trinajstić information content (AvgIpc) is 2.46. The van der Waals surface area contributed by atoms with Gasteiger partial charge in [-0.05, 0) is 24.2 Å². The van der Waals surface area contributed by atoms with Crippen LogP contribution in [0.5, 0.6) is 0 Å². The Labute approximate surface area is 61.1 Å². The molecule has 1 nitrogen and oxygen atoms in total. The van der Waals surface area contributed by atoms with Crippen molar-refractivity contribution in [2.75, 3.05) is 0 Å². The molecule has 0 amide bonds. The molecule has 0 aromatic carbocycles. The van der Waals surface area contributed by atoms with Gasteiger partial charge in [-0.2, -0.15) is 0 Å².